The van der Waals surface area contributed by atoms with Gasteiger partial charge >= 0.3 is 34.1 Å². The van der Waals surface area contributed by atoms with Crippen LogP contribution in [0.4, 0.5) is 0 Å². The molecule has 0 bridgehead atoms. The van der Waals surface area contributed by atoms with Crippen LogP contribution in [0.15, 0.2) is 510 Å². The van der Waals surface area contributed by atoms with E-state index in [1.165, 1.54) is 0 Å². The molecular formula is C136H100Fe2N4O5. The van der Waals surface area contributed by atoms with Crippen molar-refractivity contribution in [2.24, 2.45) is 0 Å². The predicted octanol–water partition coefficient (Wildman–Crippen LogP) is 30.8. The van der Waals surface area contributed by atoms with Gasteiger partial charge in [-0.25, -0.2) is 0 Å². The van der Waals surface area contributed by atoms with Gasteiger partial charge in [-0.2, -0.15) is 0 Å². The van der Waals surface area contributed by atoms with Crippen molar-refractivity contribution < 1.29 is 60.0 Å². The second-order valence-electron chi connectivity index (χ2n) is 37.2. The van der Waals surface area contributed by atoms with Crippen LogP contribution in [0, 0.1) is 0 Å². The number of nitrogens with one attached hydrogen (secondary N) is 4. The summed E-state index contributed by atoms with van der Waals surface area (Å²) in [5.74, 6) is -0.0231. The Morgan fingerprint density at radius 2 is 0.306 bits per heavy atom. The van der Waals surface area contributed by atoms with E-state index in [1.807, 2.05) is 97.1 Å². The van der Waals surface area contributed by atoms with Gasteiger partial charge in [0, 0.05) is 26.2 Å². The molecule has 0 aromatic heterocycles. The van der Waals surface area contributed by atoms with Crippen LogP contribution in [0.2, 0.25) is 0 Å². The van der Waals surface area contributed by atoms with Crippen molar-refractivity contribution >= 4 is 86.2 Å². The molecule has 0 aliphatic heterocycles. The van der Waals surface area contributed by atoms with Crippen molar-refractivity contribution in [2.75, 3.05) is 0 Å². The number of rotatable bonds is 26. The Morgan fingerprint density at radius 3 is 0.490 bits per heavy atom. The Bertz CT molecular complexity index is 7810. The zero-order valence-corrected chi connectivity index (χ0v) is 82.6. The maximum Gasteiger partial charge on any atom is 3.00 e. The molecule has 0 spiro atoms. The van der Waals surface area contributed by atoms with Gasteiger partial charge in [-0.05, 0) is 220 Å². The minimum Gasteiger partial charge on any atom is -2.00 e. The Morgan fingerprint density at radius 1 is 0.156 bits per heavy atom. The van der Waals surface area contributed by atoms with Crippen molar-refractivity contribution in [1.82, 2.24) is 21.3 Å². The topological polar surface area (TPSA) is 169 Å². The number of benzene rings is 24. The predicted molar refractivity (Wildman–Crippen MR) is 592 cm³/mol. The Balaban J connectivity index is 0.000000175. The van der Waals surface area contributed by atoms with Gasteiger partial charge in [0.15, 0.2) is 0 Å². The Labute approximate surface area is 877 Å². The molecule has 0 fully saturated rings. The molecule has 24 aromatic rings. The standard InChI is InChI=1S/2C68H52N2O2.2Fe.O/c2*71-67-53(41-51-31-15-19-35-57(51)63(67)61-55-33-17-13-25-47(55)37-39-59(61)45-21-5-1-6-22-45)43-69-65(49-27-9-3-10-28-49)66(50-29-11-4-12-30-50)70-44-54-42-52-32-16-20-36-58(52)64(68(54)72)62-56-34-18-14-26-48(56)38-40-60(62)46-23-7-2-8-24-46;;;/h2*1-42,65-66,69-72H,43-44H2;;;/q;;2*+3;-2/p-4/t2*65-,66-;;;/m11.../s1. The molecule has 0 aliphatic rings. The third kappa shape index (κ3) is 19.6. The van der Waals surface area contributed by atoms with E-state index in [0.717, 1.165) is 175 Å². The molecule has 0 heterocycles. The molecule has 2 radical (unpaired) electrons. The van der Waals surface area contributed by atoms with Crippen molar-refractivity contribution in [3.8, 4) is 112 Å². The van der Waals surface area contributed by atoms with Crippen molar-refractivity contribution in [3.63, 3.8) is 0 Å². The molecule has 0 unspecified atom stereocenters. The van der Waals surface area contributed by atoms with Crippen LogP contribution in [0.1, 0.15) is 68.7 Å². The van der Waals surface area contributed by atoms with E-state index in [2.05, 4.69) is 434 Å². The van der Waals surface area contributed by atoms with Crippen LogP contribution in [0.5, 0.6) is 23.0 Å². The summed E-state index contributed by atoms with van der Waals surface area (Å²) in [6, 6.07) is 174. The summed E-state index contributed by atoms with van der Waals surface area (Å²) in [5, 5.41) is 93.9. The largest absolute Gasteiger partial charge is 3.00 e. The number of fused-ring (bicyclic) bond motifs is 8. The maximum absolute atomic E-state index is 15.5. The fourth-order valence-electron chi connectivity index (χ4n) is 21.9. The molecule has 0 saturated heterocycles. The number of hydrogen-bond donors (Lipinski definition) is 4. The first-order valence-electron chi connectivity index (χ1n) is 49.5. The quantitative estimate of drug-likeness (QED) is 0.0389. The molecule has 4 N–H and O–H groups in total. The van der Waals surface area contributed by atoms with Gasteiger partial charge in [0.2, 0.25) is 0 Å². The van der Waals surface area contributed by atoms with Crippen LogP contribution >= 0.6 is 0 Å². The van der Waals surface area contributed by atoms with Crippen LogP contribution in [0.25, 0.3) is 175 Å². The average molecular weight is 1980 g/mol. The summed E-state index contributed by atoms with van der Waals surface area (Å²) in [6.07, 6.45) is 0. The second kappa shape index (κ2) is 44.3. The van der Waals surface area contributed by atoms with Crippen molar-refractivity contribution in [2.45, 2.75) is 50.3 Å². The van der Waals surface area contributed by atoms with Crippen LogP contribution in [0.3, 0.4) is 0 Å². The van der Waals surface area contributed by atoms with Gasteiger partial charge in [0.1, 0.15) is 0 Å². The normalized spacial score (nSPS) is 12.1. The number of hydrogen-bond acceptors (Lipinski definition) is 8. The average Bonchev–Trinajstić information content (AvgIpc) is 0.751. The summed E-state index contributed by atoms with van der Waals surface area (Å²) in [7, 11) is 0. The van der Waals surface area contributed by atoms with Crippen LogP contribution < -0.4 is 41.7 Å². The third-order valence-corrected chi connectivity index (χ3v) is 28.7. The molecule has 0 saturated carbocycles. The second-order valence-corrected chi connectivity index (χ2v) is 37.2. The molecule has 147 heavy (non-hydrogen) atoms. The summed E-state index contributed by atoms with van der Waals surface area (Å²) in [5.41, 5.74) is 21.8. The van der Waals surface area contributed by atoms with E-state index in [0.29, 0.717) is 70.7 Å². The molecule has 710 valence electrons. The summed E-state index contributed by atoms with van der Waals surface area (Å²) in [6.45, 7) is 1.18. The third-order valence-electron chi connectivity index (χ3n) is 28.7. The molecule has 24 rings (SSSR count). The zero-order valence-electron chi connectivity index (χ0n) is 80.4. The summed E-state index contributed by atoms with van der Waals surface area (Å²) in [4.78, 5) is 0. The van der Waals surface area contributed by atoms with E-state index >= 15 is 20.4 Å². The molecule has 0 amide bonds. The zero-order chi connectivity index (χ0) is 96.8. The SMILES string of the molecule is [Fe+3].[Fe+3].[O-2].[O-]c1c(CN[C@H](c2ccccc2)[C@H](NCc2cc3ccccc3c(-c3c(-c4ccccc4)ccc4ccccc34)c2[O-])c2ccccc2)cc2ccccc2c1-c1c(-c2ccccc2)ccc2ccccc12.[O-]c1c(CN[C@H](c2ccccc2)[C@H](NCc2cc3ccccc3c(-c3c(-c4ccccc4)ccc4ccccc34)c2[O-])c2ccccc2)cc2ccccc2c1-c1c(-c2ccccc2)ccc2ccccc12. The molecule has 24 aromatic carbocycles. The van der Waals surface area contributed by atoms with Gasteiger partial charge < -0.3 is 47.2 Å². The summed E-state index contributed by atoms with van der Waals surface area (Å²) >= 11 is 0. The van der Waals surface area contributed by atoms with Gasteiger partial charge in [-0.1, -0.05) is 533 Å². The molecule has 11 heteroatoms. The first kappa shape index (κ1) is 97.8. The fraction of sp³-hybridized carbons (Fsp3) is 0.0588. The smallest absolute Gasteiger partial charge is 2.00 e. The Hall–Kier alpha value is -16.6. The van der Waals surface area contributed by atoms with E-state index in [1.54, 1.807) is 0 Å². The van der Waals surface area contributed by atoms with Gasteiger partial charge in [-0.3, -0.25) is 0 Å². The monoisotopic (exact) mass is 1980 g/mol. The van der Waals surface area contributed by atoms with Gasteiger partial charge in [0.25, 0.3) is 0 Å². The van der Waals surface area contributed by atoms with E-state index in [9.17, 15) is 0 Å². The van der Waals surface area contributed by atoms with Crippen molar-refractivity contribution in [1.29, 1.82) is 0 Å². The van der Waals surface area contributed by atoms with Crippen LogP contribution in [-0.2, 0) is 65.8 Å². The minimum atomic E-state index is -0.321. The summed E-state index contributed by atoms with van der Waals surface area (Å²) < 4.78 is 0. The molecular weight excluding hydrogens is 1880 g/mol. The molecule has 4 atom stereocenters. The van der Waals surface area contributed by atoms with Crippen molar-refractivity contribution in [3.05, 3.63) is 554 Å². The van der Waals surface area contributed by atoms with E-state index in [4.69, 9.17) is 0 Å². The van der Waals surface area contributed by atoms with E-state index in [-0.39, 0.29) is 86.8 Å². The van der Waals surface area contributed by atoms with Gasteiger partial charge in [0.05, 0.1) is 24.2 Å². The Kier molecular flexibility index (Phi) is 29.5. The molecule has 9 nitrogen and oxygen atoms in total. The maximum atomic E-state index is 15.5. The van der Waals surface area contributed by atoms with Gasteiger partial charge in [-0.15, -0.1) is 0 Å². The minimum absolute atomic E-state index is 0. The molecule has 0 aliphatic carbocycles. The van der Waals surface area contributed by atoms with E-state index < -0.39 is 0 Å². The fourth-order valence-corrected chi connectivity index (χ4v) is 21.9. The first-order chi connectivity index (χ1) is 71.2. The van der Waals surface area contributed by atoms with Crippen LogP contribution in [-0.4, -0.2) is 0 Å². The first-order valence-corrected chi connectivity index (χ1v) is 49.5.